The van der Waals surface area contributed by atoms with Crippen LogP contribution >= 0.6 is 11.6 Å². The molecule has 1 saturated heterocycles. The zero-order chi connectivity index (χ0) is 15.2. The standard InChI is InChI=1S/C13H15ClF2N2O3/c14-10-4-3-8(6-11(10)21-12(15)16)18-13(19)17-7-9-2-1-5-20-9/h3-4,6,9,12H,1-2,5,7H2,(H2,17,18,19)/t9-/m1/s1. The molecular weight excluding hydrogens is 306 g/mol. The molecule has 1 aliphatic rings. The summed E-state index contributed by atoms with van der Waals surface area (Å²) in [5, 5.41) is 5.21. The molecule has 21 heavy (non-hydrogen) atoms. The molecule has 1 atom stereocenters. The van der Waals surface area contributed by atoms with Crippen molar-refractivity contribution >= 4 is 23.3 Å². The molecule has 2 N–H and O–H groups in total. The van der Waals surface area contributed by atoms with E-state index in [4.69, 9.17) is 16.3 Å². The maximum absolute atomic E-state index is 12.2. The summed E-state index contributed by atoms with van der Waals surface area (Å²) in [6.07, 6.45) is 1.92. The Hall–Kier alpha value is -1.60. The van der Waals surface area contributed by atoms with Crippen molar-refractivity contribution < 1.29 is 23.0 Å². The van der Waals surface area contributed by atoms with Crippen molar-refractivity contribution in [2.45, 2.75) is 25.6 Å². The Morgan fingerprint density at radius 2 is 2.33 bits per heavy atom. The van der Waals surface area contributed by atoms with E-state index in [9.17, 15) is 13.6 Å². The molecule has 0 unspecified atom stereocenters. The van der Waals surface area contributed by atoms with Crippen LogP contribution in [0.2, 0.25) is 5.02 Å². The van der Waals surface area contributed by atoms with Crippen LogP contribution in [0.1, 0.15) is 12.8 Å². The van der Waals surface area contributed by atoms with Gasteiger partial charge in [0.1, 0.15) is 5.75 Å². The summed E-state index contributed by atoms with van der Waals surface area (Å²) in [6, 6.07) is 3.65. The number of nitrogens with one attached hydrogen (secondary N) is 2. The lowest BCUT2D eigenvalue weighted by molar-refractivity contribution is -0.0497. The summed E-state index contributed by atoms with van der Waals surface area (Å²) in [5.74, 6) is -0.191. The molecule has 116 valence electrons. The van der Waals surface area contributed by atoms with E-state index in [0.717, 1.165) is 12.8 Å². The topological polar surface area (TPSA) is 59.6 Å². The molecule has 1 aliphatic heterocycles. The van der Waals surface area contributed by atoms with Crippen LogP contribution in [0.4, 0.5) is 19.3 Å². The van der Waals surface area contributed by atoms with Gasteiger partial charge >= 0.3 is 12.6 Å². The van der Waals surface area contributed by atoms with Crippen LogP contribution in [0.3, 0.4) is 0 Å². The largest absolute Gasteiger partial charge is 0.433 e. The third-order valence-corrected chi connectivity index (χ3v) is 3.23. The monoisotopic (exact) mass is 320 g/mol. The third-order valence-electron chi connectivity index (χ3n) is 2.92. The molecule has 0 spiro atoms. The number of ether oxygens (including phenoxy) is 2. The van der Waals surface area contributed by atoms with E-state index in [1.807, 2.05) is 0 Å². The molecule has 0 saturated carbocycles. The number of halogens is 3. The van der Waals surface area contributed by atoms with Crippen molar-refractivity contribution in [1.29, 1.82) is 0 Å². The molecule has 1 heterocycles. The van der Waals surface area contributed by atoms with E-state index in [0.29, 0.717) is 18.8 Å². The average molecular weight is 321 g/mol. The lowest BCUT2D eigenvalue weighted by Crippen LogP contribution is -2.35. The number of hydrogen-bond donors (Lipinski definition) is 2. The van der Waals surface area contributed by atoms with Gasteiger partial charge in [0.15, 0.2) is 0 Å². The minimum atomic E-state index is -2.98. The highest BCUT2D eigenvalue weighted by atomic mass is 35.5. The summed E-state index contributed by atoms with van der Waals surface area (Å²) in [4.78, 5) is 11.7. The molecule has 0 radical (unpaired) electrons. The molecule has 0 bridgehead atoms. The van der Waals surface area contributed by atoms with Gasteiger partial charge in [0.2, 0.25) is 0 Å². The fourth-order valence-electron chi connectivity index (χ4n) is 1.95. The van der Waals surface area contributed by atoms with Crippen molar-refractivity contribution in [1.82, 2.24) is 5.32 Å². The van der Waals surface area contributed by atoms with Gasteiger partial charge in [-0.1, -0.05) is 11.6 Å². The highest BCUT2D eigenvalue weighted by Gasteiger charge is 2.16. The van der Waals surface area contributed by atoms with E-state index in [1.165, 1.54) is 18.2 Å². The maximum atomic E-state index is 12.2. The summed E-state index contributed by atoms with van der Waals surface area (Å²) in [7, 11) is 0. The number of rotatable bonds is 5. The van der Waals surface area contributed by atoms with Gasteiger partial charge in [-0.15, -0.1) is 0 Å². The van der Waals surface area contributed by atoms with Crippen LogP contribution in [-0.4, -0.2) is 31.9 Å². The highest BCUT2D eigenvalue weighted by Crippen LogP contribution is 2.29. The van der Waals surface area contributed by atoms with Gasteiger partial charge in [-0.05, 0) is 25.0 Å². The first-order valence-electron chi connectivity index (χ1n) is 6.45. The lowest BCUT2D eigenvalue weighted by Gasteiger charge is -2.13. The van der Waals surface area contributed by atoms with Crippen LogP contribution < -0.4 is 15.4 Å². The minimum absolute atomic E-state index is 0.0266. The highest BCUT2D eigenvalue weighted by molar-refractivity contribution is 6.32. The molecule has 1 aromatic carbocycles. The van der Waals surface area contributed by atoms with Crippen LogP contribution in [0.25, 0.3) is 0 Å². The zero-order valence-corrected chi connectivity index (χ0v) is 11.8. The lowest BCUT2D eigenvalue weighted by atomic mass is 10.2. The van der Waals surface area contributed by atoms with Gasteiger partial charge in [0.25, 0.3) is 0 Å². The summed E-state index contributed by atoms with van der Waals surface area (Å²) in [6.45, 7) is -1.87. The van der Waals surface area contributed by atoms with Gasteiger partial charge in [0.05, 0.1) is 11.1 Å². The Bertz CT molecular complexity index is 496. The Balaban J connectivity index is 1.87. The van der Waals surface area contributed by atoms with Crippen molar-refractivity contribution in [3.8, 4) is 5.75 Å². The Kier molecular flexibility index (Phi) is 5.58. The molecule has 2 rings (SSSR count). The Morgan fingerprint density at radius 3 is 3.00 bits per heavy atom. The number of benzene rings is 1. The second-order valence-electron chi connectivity index (χ2n) is 4.49. The number of anilines is 1. The quantitative estimate of drug-likeness (QED) is 0.875. The van der Waals surface area contributed by atoms with E-state index >= 15 is 0 Å². The first-order chi connectivity index (χ1) is 10.0. The van der Waals surface area contributed by atoms with Crippen LogP contribution in [-0.2, 0) is 4.74 Å². The van der Waals surface area contributed by atoms with E-state index in [2.05, 4.69) is 15.4 Å². The van der Waals surface area contributed by atoms with Crippen molar-refractivity contribution in [3.63, 3.8) is 0 Å². The van der Waals surface area contributed by atoms with Gasteiger partial charge in [-0.3, -0.25) is 0 Å². The number of hydrogen-bond acceptors (Lipinski definition) is 3. The maximum Gasteiger partial charge on any atom is 0.387 e. The molecule has 5 nitrogen and oxygen atoms in total. The molecule has 2 amide bonds. The SMILES string of the molecule is O=C(NC[C@H]1CCCO1)Nc1ccc(Cl)c(OC(F)F)c1. The Morgan fingerprint density at radius 1 is 1.52 bits per heavy atom. The van der Waals surface area contributed by atoms with E-state index in [1.54, 1.807) is 0 Å². The predicted molar refractivity (Wildman–Crippen MR) is 74.1 cm³/mol. The number of alkyl halides is 2. The fourth-order valence-corrected chi connectivity index (χ4v) is 2.12. The molecule has 0 aromatic heterocycles. The second-order valence-corrected chi connectivity index (χ2v) is 4.90. The molecular formula is C13H15ClF2N2O3. The van der Waals surface area contributed by atoms with E-state index in [-0.39, 0.29) is 16.9 Å². The number of carbonyl (C=O) groups is 1. The van der Waals surface area contributed by atoms with Crippen LogP contribution in [0.5, 0.6) is 5.75 Å². The van der Waals surface area contributed by atoms with E-state index < -0.39 is 12.6 Å². The number of carbonyl (C=O) groups excluding carboxylic acids is 1. The van der Waals surface area contributed by atoms with Crippen LogP contribution in [0, 0.1) is 0 Å². The van der Waals surface area contributed by atoms with Gasteiger partial charge < -0.3 is 20.1 Å². The summed E-state index contributed by atoms with van der Waals surface area (Å²) >= 11 is 5.72. The fraction of sp³-hybridized carbons (Fsp3) is 0.462. The van der Waals surface area contributed by atoms with Gasteiger partial charge in [-0.2, -0.15) is 8.78 Å². The first-order valence-corrected chi connectivity index (χ1v) is 6.83. The summed E-state index contributed by atoms with van der Waals surface area (Å²) in [5.41, 5.74) is 0.305. The average Bonchev–Trinajstić information content (AvgIpc) is 2.93. The van der Waals surface area contributed by atoms with Crippen LogP contribution in [0.15, 0.2) is 18.2 Å². The van der Waals surface area contributed by atoms with Crippen molar-refractivity contribution in [2.75, 3.05) is 18.5 Å². The second kappa shape index (κ2) is 7.42. The molecule has 1 aromatic rings. The smallest absolute Gasteiger partial charge is 0.387 e. The molecule has 0 aliphatic carbocycles. The molecule has 8 heteroatoms. The number of amides is 2. The predicted octanol–water partition coefficient (Wildman–Crippen LogP) is 3.24. The van der Waals surface area contributed by atoms with Gasteiger partial charge in [-0.25, -0.2) is 4.79 Å². The Labute approximate surface area is 125 Å². The normalized spacial score (nSPS) is 17.8. The number of urea groups is 1. The molecule has 1 fully saturated rings. The van der Waals surface area contributed by atoms with Gasteiger partial charge in [0, 0.05) is 24.9 Å². The van der Waals surface area contributed by atoms with Crippen molar-refractivity contribution in [2.24, 2.45) is 0 Å². The van der Waals surface area contributed by atoms with Crippen molar-refractivity contribution in [3.05, 3.63) is 23.2 Å². The summed E-state index contributed by atoms with van der Waals surface area (Å²) < 4.78 is 34.0. The first kappa shape index (κ1) is 15.8. The minimum Gasteiger partial charge on any atom is -0.433 e. The zero-order valence-electron chi connectivity index (χ0n) is 11.1. The third kappa shape index (κ3) is 5.02.